The molecular formula is C12H17F3N2O2. The molecule has 0 aliphatic carbocycles. The number of nitrogens with zero attached hydrogens (tertiary/aromatic N) is 2. The average molecular weight is 278 g/mol. The number of aromatic nitrogens is 1. The molecule has 1 rings (SSSR count). The molecule has 0 fully saturated rings. The second-order valence-corrected chi connectivity index (χ2v) is 4.30. The molecule has 0 aliphatic heterocycles. The van der Waals surface area contributed by atoms with Crippen LogP contribution in [0, 0.1) is 0 Å². The van der Waals surface area contributed by atoms with Crippen molar-refractivity contribution in [2.24, 2.45) is 0 Å². The Morgan fingerprint density at radius 1 is 1.47 bits per heavy atom. The molecule has 1 N–H and O–H groups in total. The number of likely N-dealkylation sites (N-methyl/N-ethyl adjacent to an activating group) is 1. The zero-order valence-electron chi connectivity index (χ0n) is 10.8. The Bertz CT molecular complexity index is 399. The molecule has 1 heterocycles. The Morgan fingerprint density at radius 3 is 2.74 bits per heavy atom. The first-order valence-electron chi connectivity index (χ1n) is 5.71. The predicted octanol–water partition coefficient (Wildman–Crippen LogP) is 1.54. The molecule has 1 aromatic rings. The number of aliphatic hydroxyl groups is 1. The van der Waals surface area contributed by atoms with E-state index in [0.29, 0.717) is 0 Å². The molecule has 19 heavy (non-hydrogen) atoms. The summed E-state index contributed by atoms with van der Waals surface area (Å²) in [5.74, 6) is 0. The van der Waals surface area contributed by atoms with Crippen molar-refractivity contribution in [2.75, 3.05) is 27.3 Å². The molecule has 0 spiro atoms. The van der Waals surface area contributed by atoms with E-state index in [1.165, 1.54) is 19.4 Å². The van der Waals surface area contributed by atoms with Gasteiger partial charge in [0.1, 0.15) is 0 Å². The Morgan fingerprint density at radius 2 is 2.16 bits per heavy atom. The number of ether oxygens (including phenoxy) is 1. The number of hydrogen-bond donors (Lipinski definition) is 1. The van der Waals surface area contributed by atoms with E-state index in [0.717, 1.165) is 6.07 Å². The van der Waals surface area contributed by atoms with Crippen molar-refractivity contribution < 1.29 is 23.0 Å². The predicted molar refractivity (Wildman–Crippen MR) is 63.5 cm³/mol. The van der Waals surface area contributed by atoms with Crippen molar-refractivity contribution >= 4 is 0 Å². The number of aliphatic hydroxyl groups excluding tert-OH is 1. The monoisotopic (exact) mass is 278 g/mol. The van der Waals surface area contributed by atoms with Crippen molar-refractivity contribution in [2.45, 2.75) is 18.8 Å². The highest BCUT2D eigenvalue weighted by atomic mass is 19.4. The molecule has 0 aliphatic rings. The van der Waals surface area contributed by atoms with E-state index in [2.05, 4.69) is 4.98 Å². The minimum atomic E-state index is -4.42. The van der Waals surface area contributed by atoms with Gasteiger partial charge in [0, 0.05) is 26.4 Å². The van der Waals surface area contributed by atoms with E-state index >= 15 is 0 Å². The maximum absolute atomic E-state index is 12.8. The Balaban J connectivity index is 2.72. The van der Waals surface area contributed by atoms with Crippen LogP contribution in [0.1, 0.15) is 11.3 Å². The smallest absolute Gasteiger partial charge is 0.389 e. The van der Waals surface area contributed by atoms with Gasteiger partial charge in [0.15, 0.2) is 0 Å². The molecule has 0 saturated heterocycles. The Kier molecular flexibility index (Phi) is 5.71. The molecule has 1 atom stereocenters. The van der Waals surface area contributed by atoms with E-state index in [-0.39, 0.29) is 25.4 Å². The van der Waals surface area contributed by atoms with E-state index < -0.39 is 17.8 Å². The summed E-state index contributed by atoms with van der Waals surface area (Å²) in [6, 6.07) is 2.26. The third kappa shape index (κ3) is 5.14. The van der Waals surface area contributed by atoms with Gasteiger partial charge in [-0.25, -0.2) is 0 Å². The fraction of sp³-hybridized carbons (Fsp3) is 0.583. The van der Waals surface area contributed by atoms with Crippen LogP contribution in [0.25, 0.3) is 0 Å². The first-order chi connectivity index (χ1) is 8.84. The number of pyridine rings is 1. The second-order valence-electron chi connectivity index (χ2n) is 4.30. The quantitative estimate of drug-likeness (QED) is 0.857. The lowest BCUT2D eigenvalue weighted by Crippen LogP contribution is -2.32. The highest BCUT2D eigenvalue weighted by molar-refractivity contribution is 5.22. The van der Waals surface area contributed by atoms with Crippen molar-refractivity contribution in [1.82, 2.24) is 9.88 Å². The first-order valence-corrected chi connectivity index (χ1v) is 5.71. The molecule has 7 heteroatoms. The SMILES string of the molecule is COCC(O)CN(C)Cc1ncccc1C(F)(F)F. The summed E-state index contributed by atoms with van der Waals surface area (Å²) in [5.41, 5.74) is -0.801. The van der Waals surface area contributed by atoms with Crippen molar-refractivity contribution in [3.63, 3.8) is 0 Å². The number of methoxy groups -OCH3 is 1. The topological polar surface area (TPSA) is 45.6 Å². The lowest BCUT2D eigenvalue weighted by atomic mass is 10.1. The molecule has 1 unspecified atom stereocenters. The molecule has 0 saturated carbocycles. The highest BCUT2D eigenvalue weighted by Gasteiger charge is 2.33. The summed E-state index contributed by atoms with van der Waals surface area (Å²) in [4.78, 5) is 5.33. The Labute approximate surface area is 109 Å². The van der Waals surface area contributed by atoms with Gasteiger partial charge in [0.25, 0.3) is 0 Å². The maximum atomic E-state index is 12.8. The van der Waals surface area contributed by atoms with Crippen LogP contribution in [-0.2, 0) is 17.5 Å². The van der Waals surface area contributed by atoms with Gasteiger partial charge < -0.3 is 9.84 Å². The summed E-state index contributed by atoms with van der Waals surface area (Å²) in [6.45, 7) is 0.358. The lowest BCUT2D eigenvalue weighted by Gasteiger charge is -2.21. The maximum Gasteiger partial charge on any atom is 0.418 e. The zero-order valence-corrected chi connectivity index (χ0v) is 10.8. The largest absolute Gasteiger partial charge is 0.418 e. The van der Waals surface area contributed by atoms with Crippen molar-refractivity contribution in [3.8, 4) is 0 Å². The van der Waals surface area contributed by atoms with Crippen LogP contribution in [0.2, 0.25) is 0 Å². The van der Waals surface area contributed by atoms with E-state index in [1.54, 1.807) is 11.9 Å². The van der Waals surface area contributed by atoms with Gasteiger partial charge in [-0.15, -0.1) is 0 Å². The summed E-state index contributed by atoms with van der Waals surface area (Å²) in [5, 5.41) is 9.52. The second kappa shape index (κ2) is 6.83. The van der Waals surface area contributed by atoms with Crippen LogP contribution in [0.4, 0.5) is 13.2 Å². The van der Waals surface area contributed by atoms with E-state index in [1.807, 2.05) is 0 Å². The van der Waals surface area contributed by atoms with Crippen molar-refractivity contribution in [1.29, 1.82) is 0 Å². The average Bonchev–Trinajstić information content (AvgIpc) is 2.28. The molecule has 108 valence electrons. The highest BCUT2D eigenvalue weighted by Crippen LogP contribution is 2.31. The van der Waals surface area contributed by atoms with E-state index in [4.69, 9.17) is 4.74 Å². The lowest BCUT2D eigenvalue weighted by molar-refractivity contribution is -0.138. The summed E-state index contributed by atoms with van der Waals surface area (Å²) >= 11 is 0. The van der Waals surface area contributed by atoms with Gasteiger partial charge in [-0.2, -0.15) is 13.2 Å². The molecule has 0 amide bonds. The van der Waals surface area contributed by atoms with E-state index in [9.17, 15) is 18.3 Å². The fourth-order valence-corrected chi connectivity index (χ4v) is 1.75. The van der Waals surface area contributed by atoms with Gasteiger partial charge in [0.2, 0.25) is 0 Å². The molecule has 1 aromatic heterocycles. The third-order valence-electron chi connectivity index (χ3n) is 2.50. The molecule has 0 radical (unpaired) electrons. The Hall–Kier alpha value is -1.18. The summed E-state index contributed by atoms with van der Waals surface area (Å²) in [7, 11) is 3.07. The summed E-state index contributed by atoms with van der Waals surface area (Å²) in [6.07, 6.45) is -3.84. The first kappa shape index (κ1) is 15.9. The van der Waals surface area contributed by atoms with Crippen LogP contribution in [0.5, 0.6) is 0 Å². The number of alkyl halides is 3. The molecule has 4 nitrogen and oxygen atoms in total. The molecule has 0 bridgehead atoms. The van der Waals surface area contributed by atoms with Gasteiger partial charge in [0.05, 0.1) is 24.0 Å². The number of halogens is 3. The van der Waals surface area contributed by atoms with Crippen LogP contribution in [0.3, 0.4) is 0 Å². The van der Waals surface area contributed by atoms with Gasteiger partial charge in [-0.3, -0.25) is 9.88 Å². The number of rotatable bonds is 6. The fourth-order valence-electron chi connectivity index (χ4n) is 1.75. The third-order valence-corrected chi connectivity index (χ3v) is 2.50. The standard InChI is InChI=1S/C12H17F3N2O2/c1-17(6-9(18)8-19-2)7-11-10(12(13,14)15)4-3-5-16-11/h3-5,9,18H,6-8H2,1-2H3. The van der Waals surface area contributed by atoms with Gasteiger partial charge in [-0.05, 0) is 19.2 Å². The van der Waals surface area contributed by atoms with Crippen LogP contribution < -0.4 is 0 Å². The number of hydrogen-bond acceptors (Lipinski definition) is 4. The van der Waals surface area contributed by atoms with Crippen LogP contribution in [0.15, 0.2) is 18.3 Å². The van der Waals surface area contributed by atoms with Crippen LogP contribution in [-0.4, -0.2) is 48.4 Å². The van der Waals surface area contributed by atoms with Gasteiger partial charge >= 0.3 is 6.18 Å². The summed E-state index contributed by atoms with van der Waals surface area (Å²) < 4.78 is 43.0. The van der Waals surface area contributed by atoms with Gasteiger partial charge in [-0.1, -0.05) is 0 Å². The molecular weight excluding hydrogens is 261 g/mol. The van der Waals surface area contributed by atoms with Crippen molar-refractivity contribution in [3.05, 3.63) is 29.6 Å². The molecule has 0 aromatic carbocycles. The minimum Gasteiger partial charge on any atom is -0.389 e. The minimum absolute atomic E-state index is 0.0104. The zero-order chi connectivity index (χ0) is 14.5. The van der Waals surface area contributed by atoms with Crippen LogP contribution >= 0.6 is 0 Å². The normalized spacial score (nSPS) is 13.8.